The number of phenols is 4. The van der Waals surface area contributed by atoms with E-state index in [4.69, 9.17) is 25.0 Å². The number of benzene rings is 2. The molecule has 1 amide bonds. The van der Waals surface area contributed by atoms with Crippen molar-refractivity contribution in [2.24, 2.45) is 16.5 Å². The van der Waals surface area contributed by atoms with Gasteiger partial charge in [-0.05, 0) is 25.0 Å². The second kappa shape index (κ2) is 15.7. The van der Waals surface area contributed by atoms with E-state index in [2.05, 4.69) is 25.4 Å². The van der Waals surface area contributed by atoms with E-state index in [0.717, 1.165) is 41.4 Å². The Morgan fingerprint density at radius 2 is 1.68 bits per heavy atom. The predicted molar refractivity (Wildman–Crippen MR) is 179 cm³/mol. The minimum Gasteiger partial charge on any atom is -0.504 e. The Bertz CT molecular complexity index is 2540. The van der Waals surface area contributed by atoms with E-state index >= 15 is 0 Å². The van der Waals surface area contributed by atoms with Crippen molar-refractivity contribution in [2.45, 2.75) is 38.2 Å². The number of nitrogens with one attached hydrogen (secondary N) is 1. The van der Waals surface area contributed by atoms with Crippen LogP contribution in [-0.2, 0) is 37.0 Å². The zero-order valence-electron chi connectivity index (χ0n) is 28.0. The fraction of sp³-hybridized carbons (Fsp3) is 0.219. The van der Waals surface area contributed by atoms with Gasteiger partial charge in [-0.1, -0.05) is 5.21 Å². The number of amides is 1. The number of phenolic OH excluding ortho intramolecular Hbond substituents is 4. The van der Waals surface area contributed by atoms with Crippen LogP contribution in [0, 0.1) is 0 Å². The van der Waals surface area contributed by atoms with Gasteiger partial charge in [0.1, 0.15) is 47.9 Å². The molecule has 24 heteroatoms. The number of halogens is 3. The third-order valence-electron chi connectivity index (χ3n) is 7.58. The fourth-order valence-electron chi connectivity index (χ4n) is 5.03. The molecule has 0 saturated heterocycles. The van der Waals surface area contributed by atoms with Crippen LogP contribution in [0.3, 0.4) is 0 Å². The second-order valence-electron chi connectivity index (χ2n) is 11.6. The number of fused-ring (bicyclic) bond motifs is 2. The summed E-state index contributed by atoms with van der Waals surface area (Å²) in [5.74, 6) is -10.5. The highest BCUT2D eigenvalue weighted by Gasteiger charge is 2.43. The van der Waals surface area contributed by atoms with Gasteiger partial charge in [0.2, 0.25) is 11.3 Å². The number of carbonyl (C=O) groups excluding carboxylic acids is 4. The maximum Gasteiger partial charge on any atom is 0.491 e. The van der Waals surface area contributed by atoms with E-state index in [-0.39, 0.29) is 42.0 Å². The summed E-state index contributed by atoms with van der Waals surface area (Å²) in [5, 5.41) is 49.4. The highest BCUT2D eigenvalue weighted by atomic mass is 19.4. The van der Waals surface area contributed by atoms with Crippen molar-refractivity contribution in [3.8, 4) is 34.1 Å². The van der Waals surface area contributed by atoms with Gasteiger partial charge in [0, 0.05) is 24.1 Å². The first-order valence-electron chi connectivity index (χ1n) is 15.6. The summed E-state index contributed by atoms with van der Waals surface area (Å²) >= 11 is 0. The van der Waals surface area contributed by atoms with E-state index in [1.807, 2.05) is 0 Å². The lowest BCUT2D eigenvalue weighted by Gasteiger charge is -2.17. The first-order chi connectivity index (χ1) is 26.3. The Balaban J connectivity index is 1.33. The Morgan fingerprint density at radius 3 is 2.38 bits per heavy atom. The van der Waals surface area contributed by atoms with E-state index < -0.39 is 111 Å². The van der Waals surface area contributed by atoms with Gasteiger partial charge in [0.15, 0.2) is 29.0 Å². The molecule has 0 unspecified atom stereocenters. The molecule has 294 valence electrons. The van der Waals surface area contributed by atoms with Gasteiger partial charge in [-0.25, -0.2) is 23.9 Å². The Labute approximate surface area is 307 Å². The molecule has 3 aromatic heterocycles. The number of carbonyl (C=O) groups is 4. The highest BCUT2D eigenvalue weighted by Crippen LogP contribution is 2.37. The van der Waals surface area contributed by atoms with E-state index in [1.165, 1.54) is 0 Å². The molecule has 5 rings (SSSR count). The van der Waals surface area contributed by atoms with Crippen LogP contribution >= 0.6 is 0 Å². The number of hydrogen-bond acceptors (Lipinski definition) is 17. The molecule has 0 fully saturated rings. The molecule has 2 aromatic carbocycles. The van der Waals surface area contributed by atoms with Crippen molar-refractivity contribution in [1.29, 1.82) is 0 Å². The maximum atomic E-state index is 13.7. The number of aromatic hydroxyl groups is 4. The van der Waals surface area contributed by atoms with Crippen molar-refractivity contribution in [3.63, 3.8) is 0 Å². The average molecular weight is 790 g/mol. The van der Waals surface area contributed by atoms with Crippen molar-refractivity contribution in [3.05, 3.63) is 68.6 Å². The molecular weight excluding hydrogens is 763 g/mol. The third kappa shape index (κ3) is 8.75. The van der Waals surface area contributed by atoms with Gasteiger partial charge in [0.25, 0.3) is 0 Å². The van der Waals surface area contributed by atoms with Crippen molar-refractivity contribution in [1.82, 2.24) is 20.3 Å². The van der Waals surface area contributed by atoms with Crippen LogP contribution < -0.4 is 27.8 Å². The van der Waals surface area contributed by atoms with Crippen molar-refractivity contribution >= 4 is 51.7 Å². The van der Waals surface area contributed by atoms with Gasteiger partial charge < -0.3 is 55.5 Å². The number of nitrogens with zero attached hydrogens (tertiary/aromatic N) is 4. The summed E-state index contributed by atoms with van der Waals surface area (Å²) in [5.41, 5.74) is 5.76. The third-order valence-corrected chi connectivity index (χ3v) is 7.58. The van der Waals surface area contributed by atoms with Crippen LogP contribution in [-0.4, -0.2) is 84.0 Å². The van der Waals surface area contributed by atoms with Crippen LogP contribution in [0.1, 0.15) is 28.9 Å². The summed E-state index contributed by atoms with van der Waals surface area (Å²) in [6.07, 6.45) is -4.01. The SMILES string of the molecule is NC(N)=NCCC[C@H](NC(=O)Cn1cc(COC(=O)c2c(O)c(O)cc3occ(-c4cc5cc(O)c(O)cc5oc4=O)c(=O)c23)nn1)C(=O)OC(=O)C(F)(F)F. The van der Waals surface area contributed by atoms with Crippen LogP contribution in [0.25, 0.3) is 33.1 Å². The number of guanidine groups is 1. The number of aliphatic imine (C=N–C) groups is 1. The average Bonchev–Trinajstić information content (AvgIpc) is 3.56. The number of hydrogen-bond donors (Lipinski definition) is 7. The molecule has 56 heavy (non-hydrogen) atoms. The lowest BCUT2D eigenvalue weighted by atomic mass is 10.0. The number of esters is 3. The maximum absolute atomic E-state index is 13.7. The Kier molecular flexibility index (Phi) is 11.1. The van der Waals surface area contributed by atoms with Gasteiger partial charge in [-0.3, -0.25) is 14.6 Å². The smallest absolute Gasteiger partial charge is 0.491 e. The predicted octanol–water partition coefficient (Wildman–Crippen LogP) is 0.508. The summed E-state index contributed by atoms with van der Waals surface area (Å²) < 4.78 is 58.3. The highest BCUT2D eigenvalue weighted by molar-refractivity contribution is 6.07. The number of ether oxygens (including phenoxy) is 2. The largest absolute Gasteiger partial charge is 0.504 e. The van der Waals surface area contributed by atoms with Crippen LogP contribution in [0.15, 0.2) is 60.1 Å². The number of rotatable bonds is 12. The van der Waals surface area contributed by atoms with Crippen molar-refractivity contribution in [2.75, 3.05) is 6.54 Å². The molecule has 0 radical (unpaired) electrons. The Morgan fingerprint density at radius 1 is 0.982 bits per heavy atom. The molecule has 0 aliphatic heterocycles. The van der Waals surface area contributed by atoms with E-state index in [0.29, 0.717) is 0 Å². The first kappa shape index (κ1) is 39.5. The lowest BCUT2D eigenvalue weighted by Crippen LogP contribution is -2.45. The van der Waals surface area contributed by atoms with Gasteiger partial charge >= 0.3 is 29.7 Å². The minimum atomic E-state index is -5.50. The summed E-state index contributed by atoms with van der Waals surface area (Å²) in [6.45, 7) is -1.54. The zero-order chi connectivity index (χ0) is 41.1. The fourth-order valence-corrected chi connectivity index (χ4v) is 5.03. The van der Waals surface area contributed by atoms with Crippen molar-refractivity contribution < 1.29 is 71.1 Å². The summed E-state index contributed by atoms with van der Waals surface area (Å²) in [4.78, 5) is 79.6. The molecule has 3 heterocycles. The summed E-state index contributed by atoms with van der Waals surface area (Å²) in [6, 6.07) is 2.21. The topological polar surface area (TPSA) is 335 Å². The molecule has 0 aliphatic carbocycles. The molecule has 0 spiro atoms. The molecule has 9 N–H and O–H groups in total. The zero-order valence-corrected chi connectivity index (χ0v) is 28.0. The normalized spacial score (nSPS) is 11.9. The van der Waals surface area contributed by atoms with E-state index in [9.17, 15) is 62.4 Å². The Hall–Kier alpha value is -7.66. The van der Waals surface area contributed by atoms with Gasteiger partial charge in [0.05, 0.1) is 22.7 Å². The molecule has 5 aromatic rings. The second-order valence-corrected chi connectivity index (χ2v) is 11.6. The van der Waals surface area contributed by atoms with Crippen LogP contribution in [0.5, 0.6) is 23.0 Å². The number of aromatic nitrogens is 3. The van der Waals surface area contributed by atoms with Crippen LogP contribution in [0.4, 0.5) is 13.2 Å². The van der Waals surface area contributed by atoms with Gasteiger partial charge in [-0.15, -0.1) is 5.10 Å². The van der Waals surface area contributed by atoms with E-state index in [1.54, 1.807) is 0 Å². The first-order valence-corrected chi connectivity index (χ1v) is 15.6. The minimum absolute atomic E-state index is 0.0410. The molecule has 0 bridgehead atoms. The molecule has 0 aliphatic rings. The monoisotopic (exact) mass is 789 g/mol. The molecule has 0 saturated carbocycles. The standard InChI is InChI=1S/C32H26F3N7O14/c33-32(34,35)30(52)56-28(50)16(2-1-3-38-31(36)37)39-22(46)9-42-8-13(40-41-42)10-54-29(51)24-23-21(7-19(45)26(24)48)53-11-15(25(23)47)14-4-12-5-17(43)18(44)6-20(12)55-27(14)49/h4-8,11,16,43-45,48H,1-3,9-10H2,(H,39,46)(H4,36,37,38)/t16-/m0/s1. The van der Waals surface area contributed by atoms with Crippen LogP contribution in [0.2, 0.25) is 0 Å². The molecule has 1 atom stereocenters. The number of alkyl halides is 3. The molecular formula is C32H26F3N7O14. The lowest BCUT2D eigenvalue weighted by molar-refractivity contribution is -0.202. The number of nitrogens with two attached hydrogens (primary N) is 2. The van der Waals surface area contributed by atoms with Gasteiger partial charge in [-0.2, -0.15) is 13.2 Å². The quantitative estimate of drug-likeness (QED) is 0.0172. The molecule has 21 nitrogen and oxygen atoms in total. The summed E-state index contributed by atoms with van der Waals surface area (Å²) in [7, 11) is 0.